The molecule has 4 rings (SSSR count). The van der Waals surface area contributed by atoms with E-state index in [0.717, 1.165) is 70.5 Å². The van der Waals surface area contributed by atoms with Gasteiger partial charge in [-0.05, 0) is 118 Å². The third-order valence-corrected chi connectivity index (χ3v) is 12.1. The second-order valence-electron chi connectivity index (χ2n) is 16.6. The van der Waals surface area contributed by atoms with Gasteiger partial charge in [-0.25, -0.2) is 0 Å². The molecule has 0 aromatic rings. The molecule has 4 heterocycles. The molecular formula is C41H71N3O8. The van der Waals surface area contributed by atoms with Crippen molar-refractivity contribution in [3.63, 3.8) is 0 Å². The fourth-order valence-corrected chi connectivity index (χ4v) is 8.83. The molecule has 3 N–H and O–H groups in total. The highest BCUT2D eigenvalue weighted by molar-refractivity contribution is 5.91. The molecule has 0 radical (unpaired) electrons. The number of likely N-dealkylation sites (tertiary alicyclic amines) is 2. The summed E-state index contributed by atoms with van der Waals surface area (Å²) in [7, 11) is 3.60. The number of aliphatic hydroxyl groups excluding tert-OH is 3. The Hall–Kier alpha value is -1.70. The fourth-order valence-electron chi connectivity index (χ4n) is 8.83. The SMILES string of the molecule is CC[C@H]1OC(=O)C[C@@H](O)[C@H](C)[C@@H](OC2O[C@@H](C)[C@@H](O)[C@H](N(C)C)[C@@H]2O)[C@@H](CCN2CCCCC2)C[C@@H](C)C(=O)C=CC(C)=C[C@@H]1CN1CCCCC1. The molecule has 11 heteroatoms. The summed E-state index contributed by atoms with van der Waals surface area (Å²) >= 11 is 0. The van der Waals surface area contributed by atoms with Gasteiger partial charge < -0.3 is 44.2 Å². The van der Waals surface area contributed by atoms with Crippen LogP contribution in [0.3, 0.4) is 0 Å². The van der Waals surface area contributed by atoms with Gasteiger partial charge >= 0.3 is 5.97 Å². The number of nitrogens with zero attached hydrogens (tertiary/aromatic N) is 3. The predicted octanol–water partition coefficient (Wildman–Crippen LogP) is 4.18. The van der Waals surface area contributed by atoms with Crippen molar-refractivity contribution in [2.24, 2.45) is 23.7 Å². The number of likely N-dealkylation sites (N-methyl/N-ethyl adjacent to an activating group) is 1. The Morgan fingerprint density at radius 2 is 1.54 bits per heavy atom. The van der Waals surface area contributed by atoms with Crippen molar-refractivity contribution in [3.8, 4) is 0 Å². The lowest BCUT2D eigenvalue weighted by Crippen LogP contribution is -2.63. The van der Waals surface area contributed by atoms with Crippen LogP contribution in [0.4, 0.5) is 0 Å². The summed E-state index contributed by atoms with van der Waals surface area (Å²) in [5.41, 5.74) is 0.954. The number of hydrogen-bond acceptors (Lipinski definition) is 11. The van der Waals surface area contributed by atoms with E-state index >= 15 is 0 Å². The molecule has 3 fully saturated rings. The molecule has 11 nitrogen and oxygen atoms in total. The number of rotatable bonds is 9. The monoisotopic (exact) mass is 734 g/mol. The minimum atomic E-state index is -1.17. The standard InChI is InChI=1S/C41H71N3O8/c1-8-35-32(26-44-20-13-10-14-21-44)23-27(2)15-16-33(45)28(3)24-31(17-22-43-18-11-9-12-19-43)40(29(4)34(46)25-36(47)51-35)52-41-39(49)37(42(6)7)38(48)30(5)50-41/h15-16,23,28-32,34-35,37-41,46,48-49H,8-14,17-22,24-26H2,1-7H3/t28-,29+,30+,31+,32-,34-,35-,37+,38-,39+,40-,41?/m1/s1. The number of aliphatic hydroxyl groups is 3. The lowest BCUT2D eigenvalue weighted by atomic mass is 9.79. The van der Waals surface area contributed by atoms with Gasteiger partial charge in [0.1, 0.15) is 12.2 Å². The lowest BCUT2D eigenvalue weighted by Gasteiger charge is -2.47. The van der Waals surface area contributed by atoms with E-state index in [0.29, 0.717) is 19.3 Å². The molecule has 4 aliphatic rings. The second-order valence-corrected chi connectivity index (χ2v) is 16.6. The normalized spacial score (nSPS) is 38.6. The zero-order valence-electron chi connectivity index (χ0n) is 33.2. The second kappa shape index (κ2) is 20.8. The maximum absolute atomic E-state index is 13.8. The van der Waals surface area contributed by atoms with Crippen LogP contribution in [0.15, 0.2) is 23.8 Å². The van der Waals surface area contributed by atoms with Gasteiger partial charge in [-0.3, -0.25) is 9.59 Å². The van der Waals surface area contributed by atoms with Crippen LogP contribution in [-0.2, 0) is 23.8 Å². The van der Waals surface area contributed by atoms with E-state index in [1.54, 1.807) is 32.0 Å². The van der Waals surface area contributed by atoms with Crippen molar-refractivity contribution in [2.45, 2.75) is 148 Å². The summed E-state index contributed by atoms with van der Waals surface area (Å²) in [5.74, 6) is -1.58. The average Bonchev–Trinajstić information content (AvgIpc) is 3.12. The molecule has 52 heavy (non-hydrogen) atoms. The zero-order valence-corrected chi connectivity index (χ0v) is 33.2. The zero-order chi connectivity index (χ0) is 37.9. The quantitative estimate of drug-likeness (QED) is 0.295. The highest BCUT2D eigenvalue weighted by Crippen LogP contribution is 2.35. The number of cyclic esters (lactones) is 1. The van der Waals surface area contributed by atoms with E-state index in [1.165, 1.54) is 12.8 Å². The summed E-state index contributed by atoms with van der Waals surface area (Å²) < 4.78 is 19.1. The maximum Gasteiger partial charge on any atom is 0.308 e. The van der Waals surface area contributed by atoms with Crippen LogP contribution in [0.2, 0.25) is 0 Å². The summed E-state index contributed by atoms with van der Waals surface area (Å²) in [4.78, 5) is 34.1. The number of piperidine rings is 2. The Morgan fingerprint density at radius 3 is 2.15 bits per heavy atom. The molecule has 3 saturated heterocycles. The fraction of sp³-hybridized carbons (Fsp3) is 0.854. The molecule has 0 aromatic heterocycles. The van der Waals surface area contributed by atoms with Gasteiger partial charge in [-0.15, -0.1) is 0 Å². The Labute approximate surface area is 313 Å². The first-order valence-electron chi connectivity index (χ1n) is 20.3. The molecule has 0 bridgehead atoms. The van der Waals surface area contributed by atoms with Crippen molar-refractivity contribution in [3.05, 3.63) is 23.8 Å². The van der Waals surface area contributed by atoms with E-state index in [4.69, 9.17) is 14.2 Å². The summed E-state index contributed by atoms with van der Waals surface area (Å²) in [5, 5.41) is 34.2. The number of ketones is 1. The highest BCUT2D eigenvalue weighted by atomic mass is 16.7. The largest absolute Gasteiger partial charge is 0.462 e. The summed E-state index contributed by atoms with van der Waals surface area (Å²) in [6.45, 7) is 15.3. The van der Waals surface area contributed by atoms with Gasteiger partial charge in [0.25, 0.3) is 0 Å². The van der Waals surface area contributed by atoms with E-state index < -0.39 is 54.7 Å². The van der Waals surface area contributed by atoms with Crippen molar-refractivity contribution in [1.29, 1.82) is 0 Å². The van der Waals surface area contributed by atoms with Gasteiger partial charge in [-0.1, -0.05) is 51.3 Å². The van der Waals surface area contributed by atoms with E-state index in [9.17, 15) is 24.9 Å². The number of carbonyl (C=O) groups excluding carboxylic acids is 2. The smallest absolute Gasteiger partial charge is 0.308 e. The van der Waals surface area contributed by atoms with Gasteiger partial charge in [0.05, 0.1) is 36.9 Å². The molecule has 0 aromatic carbocycles. The number of carbonyl (C=O) groups is 2. The Kier molecular flexibility index (Phi) is 17.2. The van der Waals surface area contributed by atoms with Gasteiger partial charge in [0.15, 0.2) is 12.1 Å². The highest BCUT2D eigenvalue weighted by Gasteiger charge is 2.47. The van der Waals surface area contributed by atoms with Crippen LogP contribution in [0.25, 0.3) is 0 Å². The minimum absolute atomic E-state index is 0.0270. The van der Waals surface area contributed by atoms with Gasteiger partial charge in [0.2, 0.25) is 0 Å². The molecule has 12 atom stereocenters. The molecule has 1 unspecified atom stereocenters. The van der Waals surface area contributed by atoms with Crippen LogP contribution in [0.1, 0.15) is 98.8 Å². The molecule has 4 aliphatic heterocycles. The minimum Gasteiger partial charge on any atom is -0.462 e. The molecule has 0 spiro atoms. The number of allylic oxidation sites excluding steroid dienone is 3. The van der Waals surface area contributed by atoms with Gasteiger partial charge in [0, 0.05) is 24.3 Å². The van der Waals surface area contributed by atoms with Crippen LogP contribution < -0.4 is 0 Å². The number of esters is 1. The van der Waals surface area contributed by atoms with Crippen LogP contribution in [0, 0.1) is 23.7 Å². The molecule has 0 saturated carbocycles. The number of ether oxygens (including phenoxy) is 3. The van der Waals surface area contributed by atoms with Crippen molar-refractivity contribution < 1.29 is 39.1 Å². The molecule has 298 valence electrons. The third kappa shape index (κ3) is 12.2. The van der Waals surface area contributed by atoms with Crippen LogP contribution in [-0.4, -0.2) is 144 Å². The first-order valence-corrected chi connectivity index (χ1v) is 20.3. The van der Waals surface area contributed by atoms with E-state index in [1.807, 2.05) is 33.8 Å². The Morgan fingerprint density at radius 1 is 0.904 bits per heavy atom. The summed E-state index contributed by atoms with van der Waals surface area (Å²) in [6.07, 6.45) is 8.49. The maximum atomic E-state index is 13.8. The van der Waals surface area contributed by atoms with Gasteiger partial charge in [-0.2, -0.15) is 0 Å². The third-order valence-electron chi connectivity index (χ3n) is 12.1. The van der Waals surface area contributed by atoms with Crippen molar-refractivity contribution in [2.75, 3.05) is 53.4 Å². The predicted molar refractivity (Wildman–Crippen MR) is 203 cm³/mol. The Bertz CT molecular complexity index is 1170. The van der Waals surface area contributed by atoms with Crippen LogP contribution >= 0.6 is 0 Å². The van der Waals surface area contributed by atoms with E-state index in [2.05, 4.69) is 15.9 Å². The number of hydrogen-bond donors (Lipinski definition) is 3. The summed E-state index contributed by atoms with van der Waals surface area (Å²) in [6, 6.07) is -0.632. The average molecular weight is 734 g/mol. The Balaban J connectivity index is 1.68. The van der Waals surface area contributed by atoms with Crippen LogP contribution in [0.5, 0.6) is 0 Å². The van der Waals surface area contributed by atoms with Crippen molar-refractivity contribution in [1.82, 2.24) is 14.7 Å². The van der Waals surface area contributed by atoms with E-state index in [-0.39, 0.29) is 36.1 Å². The first kappa shape index (κ1) is 43.0. The lowest BCUT2D eigenvalue weighted by molar-refractivity contribution is -0.304. The molecular weight excluding hydrogens is 662 g/mol. The molecule has 0 amide bonds. The molecule has 0 aliphatic carbocycles. The topological polar surface area (TPSA) is 132 Å². The van der Waals surface area contributed by atoms with Crippen molar-refractivity contribution >= 4 is 11.8 Å². The first-order chi connectivity index (χ1) is 24.8.